The molecule has 3 aromatic rings. The fourth-order valence-electron chi connectivity index (χ4n) is 2.58. The Morgan fingerprint density at radius 1 is 0.897 bits per heavy atom. The molecule has 0 heterocycles. The molecule has 0 fully saturated rings. The highest BCUT2D eigenvalue weighted by Crippen LogP contribution is 2.23. The van der Waals surface area contributed by atoms with Crippen molar-refractivity contribution < 1.29 is 24.2 Å². The summed E-state index contributed by atoms with van der Waals surface area (Å²) >= 11 is 5.95. The molecule has 0 aromatic heterocycles. The molecule has 0 aliphatic heterocycles. The maximum Gasteiger partial charge on any atom is 0.341 e. The Morgan fingerprint density at radius 2 is 1.52 bits per heavy atom. The smallest absolute Gasteiger partial charge is 0.341 e. The van der Waals surface area contributed by atoms with Crippen LogP contribution in [0.15, 0.2) is 66.7 Å². The van der Waals surface area contributed by atoms with Crippen LogP contribution >= 0.6 is 11.6 Å². The first-order valence-electron chi connectivity index (χ1n) is 8.68. The molecule has 0 bridgehead atoms. The van der Waals surface area contributed by atoms with Gasteiger partial charge in [-0.2, -0.15) is 0 Å². The van der Waals surface area contributed by atoms with Gasteiger partial charge < -0.3 is 20.3 Å². The first kappa shape index (κ1) is 20.2. The molecule has 0 spiro atoms. The van der Waals surface area contributed by atoms with Gasteiger partial charge >= 0.3 is 5.97 Å². The lowest BCUT2D eigenvalue weighted by molar-refractivity contribution is -0.139. The van der Waals surface area contributed by atoms with Crippen molar-refractivity contribution in [3.05, 3.63) is 88.4 Å². The van der Waals surface area contributed by atoms with Gasteiger partial charge in [0.05, 0.1) is 0 Å². The molecule has 0 radical (unpaired) electrons. The van der Waals surface area contributed by atoms with E-state index in [4.69, 9.17) is 31.9 Å². The number of halogens is 1. The van der Waals surface area contributed by atoms with Gasteiger partial charge in [0.1, 0.15) is 18.1 Å². The molecule has 6 nitrogen and oxygen atoms in total. The third-order valence-electron chi connectivity index (χ3n) is 4.07. The number of nitrogen functional groups attached to an aromatic ring is 1. The van der Waals surface area contributed by atoms with E-state index in [9.17, 15) is 9.59 Å². The lowest BCUT2D eigenvalue weighted by Gasteiger charge is -2.09. The minimum Gasteiger partial charge on any atom is -0.489 e. The summed E-state index contributed by atoms with van der Waals surface area (Å²) < 4.78 is 10.8. The average molecular weight is 412 g/mol. The van der Waals surface area contributed by atoms with E-state index in [0.29, 0.717) is 39.9 Å². The second-order valence-corrected chi connectivity index (χ2v) is 6.64. The molecule has 148 valence electrons. The summed E-state index contributed by atoms with van der Waals surface area (Å²) in [6.07, 6.45) is 0. The summed E-state index contributed by atoms with van der Waals surface area (Å²) in [5.41, 5.74) is 7.97. The highest BCUT2D eigenvalue weighted by Gasteiger charge is 2.13. The molecule has 0 aliphatic rings. The predicted octanol–water partition coefficient (Wildman–Crippen LogP) is 4.20. The first-order valence-corrected chi connectivity index (χ1v) is 9.06. The molecule has 0 atom stereocenters. The third kappa shape index (κ3) is 5.49. The zero-order valence-electron chi connectivity index (χ0n) is 15.3. The molecular weight excluding hydrogens is 394 g/mol. The SMILES string of the molecule is Nc1ccc(Cl)cc1C(=O)c1ccc(OCc2ccc(OCC(=O)O)cc2)cc1. The highest BCUT2D eigenvalue weighted by molar-refractivity contribution is 6.31. The molecule has 0 saturated carbocycles. The molecule has 3 aromatic carbocycles. The number of ketones is 1. The molecule has 0 amide bonds. The van der Waals surface area contributed by atoms with Crippen LogP contribution in [0, 0.1) is 0 Å². The summed E-state index contributed by atoms with van der Waals surface area (Å²) in [5, 5.41) is 9.05. The quantitative estimate of drug-likeness (QED) is 0.426. The van der Waals surface area contributed by atoms with Crippen LogP contribution in [0.25, 0.3) is 0 Å². The second-order valence-electron chi connectivity index (χ2n) is 6.20. The number of ether oxygens (including phenoxy) is 2. The van der Waals surface area contributed by atoms with Crippen molar-refractivity contribution in [3.8, 4) is 11.5 Å². The van der Waals surface area contributed by atoms with E-state index in [-0.39, 0.29) is 12.4 Å². The lowest BCUT2D eigenvalue weighted by Crippen LogP contribution is -2.09. The number of aliphatic carboxylic acids is 1. The van der Waals surface area contributed by atoms with Gasteiger partial charge in [-0.3, -0.25) is 4.79 Å². The van der Waals surface area contributed by atoms with Crippen molar-refractivity contribution in [1.29, 1.82) is 0 Å². The van der Waals surface area contributed by atoms with Crippen LogP contribution in [-0.2, 0) is 11.4 Å². The number of carbonyl (C=O) groups is 2. The van der Waals surface area contributed by atoms with Crippen LogP contribution in [0.3, 0.4) is 0 Å². The van der Waals surface area contributed by atoms with E-state index < -0.39 is 5.97 Å². The Bertz CT molecular complexity index is 1020. The van der Waals surface area contributed by atoms with E-state index in [2.05, 4.69) is 0 Å². The van der Waals surface area contributed by atoms with Crippen molar-refractivity contribution in [2.24, 2.45) is 0 Å². The predicted molar refractivity (Wildman–Crippen MR) is 110 cm³/mol. The Morgan fingerprint density at radius 3 is 2.17 bits per heavy atom. The summed E-state index contributed by atoms with van der Waals surface area (Å²) in [5.74, 6) is -0.169. The van der Waals surface area contributed by atoms with Crippen LogP contribution in [-0.4, -0.2) is 23.5 Å². The fraction of sp³-hybridized carbons (Fsp3) is 0.0909. The number of anilines is 1. The van der Waals surface area contributed by atoms with Gasteiger partial charge in [0.2, 0.25) is 0 Å². The van der Waals surface area contributed by atoms with Crippen molar-refractivity contribution in [1.82, 2.24) is 0 Å². The normalized spacial score (nSPS) is 10.4. The number of nitrogens with two attached hydrogens (primary N) is 1. The minimum absolute atomic E-state index is 0.214. The van der Waals surface area contributed by atoms with Gasteiger partial charge in [0.25, 0.3) is 0 Å². The molecule has 0 unspecified atom stereocenters. The summed E-state index contributed by atoms with van der Waals surface area (Å²) in [7, 11) is 0. The van der Waals surface area contributed by atoms with Crippen molar-refractivity contribution in [2.75, 3.05) is 12.3 Å². The Balaban J connectivity index is 1.60. The van der Waals surface area contributed by atoms with Crippen LogP contribution in [0.1, 0.15) is 21.5 Å². The maximum absolute atomic E-state index is 12.6. The first-order chi connectivity index (χ1) is 13.9. The van der Waals surface area contributed by atoms with Gasteiger partial charge in [-0.1, -0.05) is 23.7 Å². The second kappa shape index (κ2) is 9.12. The number of rotatable bonds is 8. The number of carbonyl (C=O) groups excluding carboxylic acids is 1. The molecule has 0 saturated heterocycles. The molecular formula is C22H18ClNO5. The van der Waals surface area contributed by atoms with E-state index in [1.165, 1.54) is 0 Å². The average Bonchev–Trinajstić information content (AvgIpc) is 2.73. The standard InChI is InChI=1S/C22H18ClNO5/c23-16-5-10-20(24)19(11-16)22(27)15-3-8-18(9-4-15)28-12-14-1-6-17(7-2-14)29-13-21(25)26/h1-11H,12-13,24H2,(H,25,26). The lowest BCUT2D eigenvalue weighted by atomic mass is 10.0. The molecule has 7 heteroatoms. The van der Waals surface area contributed by atoms with Crippen LogP contribution < -0.4 is 15.2 Å². The van der Waals surface area contributed by atoms with E-state index >= 15 is 0 Å². The Kier molecular flexibility index (Phi) is 6.36. The molecule has 3 N–H and O–H groups in total. The fourth-order valence-corrected chi connectivity index (χ4v) is 2.75. The summed E-state index contributed by atoms with van der Waals surface area (Å²) in [4.78, 5) is 23.1. The van der Waals surface area contributed by atoms with Gasteiger partial charge in [-0.15, -0.1) is 0 Å². The number of carboxylic acids is 1. The van der Waals surface area contributed by atoms with E-state index in [1.54, 1.807) is 66.7 Å². The number of benzene rings is 3. The number of carboxylic acid groups (broad SMARTS) is 1. The summed E-state index contributed by atoms with van der Waals surface area (Å²) in [6, 6.07) is 18.5. The highest BCUT2D eigenvalue weighted by atomic mass is 35.5. The van der Waals surface area contributed by atoms with Gasteiger partial charge in [-0.25, -0.2) is 4.79 Å². The van der Waals surface area contributed by atoms with Crippen molar-refractivity contribution in [3.63, 3.8) is 0 Å². The van der Waals surface area contributed by atoms with Crippen LogP contribution in [0.2, 0.25) is 5.02 Å². The number of hydrogen-bond donors (Lipinski definition) is 2. The maximum atomic E-state index is 12.6. The monoisotopic (exact) mass is 411 g/mol. The van der Waals surface area contributed by atoms with E-state index in [0.717, 1.165) is 5.56 Å². The van der Waals surface area contributed by atoms with Gasteiger partial charge in [0, 0.05) is 21.8 Å². The van der Waals surface area contributed by atoms with E-state index in [1.807, 2.05) is 0 Å². The summed E-state index contributed by atoms with van der Waals surface area (Å²) in [6.45, 7) is -0.0739. The van der Waals surface area contributed by atoms with Crippen molar-refractivity contribution >= 4 is 29.0 Å². The molecule has 29 heavy (non-hydrogen) atoms. The third-order valence-corrected chi connectivity index (χ3v) is 4.30. The largest absolute Gasteiger partial charge is 0.489 e. The van der Waals surface area contributed by atoms with Gasteiger partial charge in [-0.05, 0) is 60.2 Å². The molecule has 0 aliphatic carbocycles. The Labute approximate surface area is 172 Å². The minimum atomic E-state index is -1.03. The topological polar surface area (TPSA) is 98.9 Å². The van der Waals surface area contributed by atoms with Crippen LogP contribution in [0.5, 0.6) is 11.5 Å². The van der Waals surface area contributed by atoms with Crippen molar-refractivity contribution in [2.45, 2.75) is 6.61 Å². The zero-order valence-corrected chi connectivity index (χ0v) is 16.1. The zero-order chi connectivity index (χ0) is 20.8. The molecule has 3 rings (SSSR count). The number of hydrogen-bond acceptors (Lipinski definition) is 5. The van der Waals surface area contributed by atoms with Gasteiger partial charge in [0.15, 0.2) is 12.4 Å². The van der Waals surface area contributed by atoms with Crippen LogP contribution in [0.4, 0.5) is 5.69 Å². The Hall–Kier alpha value is -3.51.